The van der Waals surface area contributed by atoms with Crippen LogP contribution in [0.5, 0.6) is 0 Å². The second kappa shape index (κ2) is 10.1. The number of thioether (sulfide) groups is 1. The van der Waals surface area contributed by atoms with Crippen LogP contribution in [0.2, 0.25) is 0 Å². The predicted molar refractivity (Wildman–Crippen MR) is 127 cm³/mol. The highest BCUT2D eigenvalue weighted by Gasteiger charge is 2.33. The number of piperidine rings is 2. The SMILES string of the molecule is CSC[C@@H](NC(=O)c1ccc2cc[nH]c2c1)C(=O)N1CCC(C2CCN(C)CC2)CC1. The van der Waals surface area contributed by atoms with Crippen LogP contribution in [0.1, 0.15) is 36.0 Å². The van der Waals surface area contributed by atoms with Crippen LogP contribution < -0.4 is 5.32 Å². The van der Waals surface area contributed by atoms with Gasteiger partial charge in [-0.1, -0.05) is 6.07 Å². The molecule has 6 nitrogen and oxygen atoms in total. The predicted octanol–water partition coefficient (Wildman–Crippen LogP) is 3.21. The zero-order valence-corrected chi connectivity index (χ0v) is 19.4. The minimum Gasteiger partial charge on any atom is -0.361 e. The summed E-state index contributed by atoms with van der Waals surface area (Å²) in [7, 11) is 2.20. The average molecular weight is 443 g/mol. The van der Waals surface area contributed by atoms with Gasteiger partial charge in [-0.15, -0.1) is 0 Å². The van der Waals surface area contributed by atoms with Crippen LogP contribution in [-0.2, 0) is 4.79 Å². The van der Waals surface area contributed by atoms with Crippen LogP contribution >= 0.6 is 11.8 Å². The number of carbonyl (C=O) groups is 2. The largest absolute Gasteiger partial charge is 0.361 e. The zero-order valence-electron chi connectivity index (χ0n) is 18.6. The van der Waals surface area contributed by atoms with E-state index in [4.69, 9.17) is 0 Å². The molecule has 1 atom stereocenters. The van der Waals surface area contributed by atoms with Crippen molar-refractivity contribution in [3.05, 3.63) is 36.0 Å². The number of hydrogen-bond donors (Lipinski definition) is 2. The van der Waals surface area contributed by atoms with E-state index in [2.05, 4.69) is 22.2 Å². The first kappa shape index (κ1) is 22.2. The molecule has 3 heterocycles. The highest BCUT2D eigenvalue weighted by Crippen LogP contribution is 2.32. The van der Waals surface area contributed by atoms with E-state index >= 15 is 0 Å². The van der Waals surface area contributed by atoms with Gasteiger partial charge in [-0.2, -0.15) is 11.8 Å². The third-order valence-corrected chi connectivity index (χ3v) is 7.70. The third kappa shape index (κ3) is 5.26. The summed E-state index contributed by atoms with van der Waals surface area (Å²) in [6.07, 6.45) is 8.58. The Morgan fingerprint density at radius 2 is 1.77 bits per heavy atom. The molecular formula is C24H34N4O2S. The molecule has 2 amide bonds. The second-order valence-electron chi connectivity index (χ2n) is 9.06. The van der Waals surface area contributed by atoms with E-state index in [1.165, 1.54) is 25.9 Å². The molecule has 2 saturated heterocycles. The average Bonchev–Trinajstić information content (AvgIpc) is 3.27. The Bertz CT molecular complexity index is 898. The molecule has 7 heteroatoms. The minimum absolute atomic E-state index is 0.0606. The van der Waals surface area contributed by atoms with E-state index < -0.39 is 6.04 Å². The summed E-state index contributed by atoms with van der Waals surface area (Å²) in [6, 6.07) is 7.09. The quantitative estimate of drug-likeness (QED) is 0.721. The fraction of sp³-hybridized carbons (Fsp3) is 0.583. The van der Waals surface area contributed by atoms with Crippen LogP contribution in [0, 0.1) is 11.8 Å². The number of nitrogens with zero attached hydrogens (tertiary/aromatic N) is 2. The van der Waals surface area contributed by atoms with E-state index in [9.17, 15) is 9.59 Å². The number of H-pyrrole nitrogens is 1. The number of amides is 2. The Morgan fingerprint density at radius 1 is 1.10 bits per heavy atom. The molecule has 0 unspecified atom stereocenters. The Labute approximate surface area is 189 Å². The molecule has 168 valence electrons. The first-order valence-electron chi connectivity index (χ1n) is 11.4. The molecule has 2 aliphatic heterocycles. The smallest absolute Gasteiger partial charge is 0.252 e. The van der Waals surface area contributed by atoms with Crippen molar-refractivity contribution in [3.8, 4) is 0 Å². The fourth-order valence-corrected chi connectivity index (χ4v) is 5.64. The number of likely N-dealkylation sites (tertiary alicyclic amines) is 2. The minimum atomic E-state index is -0.485. The Hall–Kier alpha value is -1.99. The molecule has 0 aliphatic carbocycles. The van der Waals surface area contributed by atoms with E-state index in [1.807, 2.05) is 41.6 Å². The molecule has 2 N–H and O–H groups in total. The number of aromatic amines is 1. The van der Waals surface area contributed by atoms with Crippen LogP contribution in [0.3, 0.4) is 0 Å². The molecule has 2 aliphatic rings. The summed E-state index contributed by atoms with van der Waals surface area (Å²) in [4.78, 5) is 33.6. The van der Waals surface area contributed by atoms with Crippen molar-refractivity contribution in [1.29, 1.82) is 0 Å². The monoisotopic (exact) mass is 442 g/mol. The standard InChI is InChI=1S/C24H34N4O2S/c1-27-11-6-17(7-12-27)18-8-13-28(14-9-18)24(30)22(16-31-2)26-23(29)20-4-3-19-5-10-25-21(19)15-20/h3-5,10,15,17-18,22,25H,6-9,11-14,16H2,1-2H3,(H,26,29)/t22-/m1/s1. The van der Waals surface area contributed by atoms with E-state index in [1.54, 1.807) is 11.8 Å². The Morgan fingerprint density at radius 3 is 2.45 bits per heavy atom. The van der Waals surface area contributed by atoms with E-state index in [0.29, 0.717) is 11.3 Å². The maximum Gasteiger partial charge on any atom is 0.252 e. The van der Waals surface area contributed by atoms with Crippen molar-refractivity contribution in [2.45, 2.75) is 31.7 Å². The van der Waals surface area contributed by atoms with Crippen LogP contribution in [0.25, 0.3) is 10.9 Å². The Kier molecular flexibility index (Phi) is 7.23. The van der Waals surface area contributed by atoms with Gasteiger partial charge in [-0.3, -0.25) is 9.59 Å². The lowest BCUT2D eigenvalue weighted by molar-refractivity contribution is -0.134. The summed E-state index contributed by atoms with van der Waals surface area (Å²) < 4.78 is 0. The van der Waals surface area contributed by atoms with Gasteiger partial charge in [0.2, 0.25) is 5.91 Å². The summed E-state index contributed by atoms with van der Waals surface area (Å²) >= 11 is 1.59. The van der Waals surface area contributed by atoms with Gasteiger partial charge in [-0.25, -0.2) is 0 Å². The van der Waals surface area contributed by atoms with Gasteiger partial charge < -0.3 is 20.1 Å². The summed E-state index contributed by atoms with van der Waals surface area (Å²) in [5.74, 6) is 2.00. The van der Waals surface area contributed by atoms with Gasteiger partial charge in [0.15, 0.2) is 0 Å². The molecule has 4 rings (SSSR count). The number of fused-ring (bicyclic) bond motifs is 1. The van der Waals surface area contributed by atoms with Crippen molar-refractivity contribution in [3.63, 3.8) is 0 Å². The lowest BCUT2D eigenvalue weighted by atomic mass is 9.79. The molecular weight excluding hydrogens is 408 g/mol. The number of aromatic nitrogens is 1. The normalized spacial score (nSPS) is 20.1. The van der Waals surface area contributed by atoms with Gasteiger partial charge in [0.25, 0.3) is 5.91 Å². The molecule has 0 bridgehead atoms. The highest BCUT2D eigenvalue weighted by molar-refractivity contribution is 7.98. The lowest BCUT2D eigenvalue weighted by Crippen LogP contribution is -2.52. The van der Waals surface area contributed by atoms with Crippen molar-refractivity contribution in [2.24, 2.45) is 11.8 Å². The maximum absolute atomic E-state index is 13.2. The van der Waals surface area contributed by atoms with Gasteiger partial charge in [-0.05, 0) is 87.5 Å². The van der Waals surface area contributed by atoms with Crippen molar-refractivity contribution in [2.75, 3.05) is 45.2 Å². The second-order valence-corrected chi connectivity index (χ2v) is 9.98. The summed E-state index contributed by atoms with van der Waals surface area (Å²) in [5.41, 5.74) is 1.51. The van der Waals surface area contributed by atoms with Crippen molar-refractivity contribution < 1.29 is 9.59 Å². The number of carbonyl (C=O) groups excluding carboxylic acids is 2. The van der Waals surface area contributed by atoms with Gasteiger partial charge in [0.1, 0.15) is 6.04 Å². The first-order chi connectivity index (χ1) is 15.0. The van der Waals surface area contributed by atoms with Crippen molar-refractivity contribution in [1.82, 2.24) is 20.1 Å². The van der Waals surface area contributed by atoms with Crippen LogP contribution in [0.15, 0.2) is 30.5 Å². The topological polar surface area (TPSA) is 68.4 Å². The fourth-order valence-electron chi connectivity index (χ4n) is 5.08. The molecule has 1 aromatic carbocycles. The summed E-state index contributed by atoms with van der Waals surface area (Å²) in [5, 5.41) is 4.07. The van der Waals surface area contributed by atoms with Gasteiger partial charge in [0.05, 0.1) is 0 Å². The zero-order chi connectivity index (χ0) is 21.8. The first-order valence-corrected chi connectivity index (χ1v) is 12.8. The van der Waals surface area contributed by atoms with E-state index in [0.717, 1.165) is 48.7 Å². The number of hydrogen-bond acceptors (Lipinski definition) is 4. The van der Waals surface area contributed by atoms with Gasteiger partial charge >= 0.3 is 0 Å². The number of benzene rings is 1. The Balaban J connectivity index is 1.34. The van der Waals surface area contributed by atoms with Gasteiger partial charge in [0, 0.05) is 36.1 Å². The molecule has 0 saturated carbocycles. The number of nitrogens with one attached hydrogen (secondary N) is 2. The van der Waals surface area contributed by atoms with E-state index in [-0.39, 0.29) is 11.8 Å². The lowest BCUT2D eigenvalue weighted by Gasteiger charge is -2.40. The third-order valence-electron chi connectivity index (χ3n) is 7.04. The van der Waals surface area contributed by atoms with Crippen LogP contribution in [0.4, 0.5) is 0 Å². The highest BCUT2D eigenvalue weighted by atomic mass is 32.2. The molecule has 1 aromatic heterocycles. The molecule has 0 spiro atoms. The molecule has 2 fully saturated rings. The van der Waals surface area contributed by atoms with Crippen molar-refractivity contribution >= 4 is 34.5 Å². The molecule has 2 aromatic rings. The molecule has 31 heavy (non-hydrogen) atoms. The van der Waals surface area contributed by atoms with Crippen LogP contribution in [-0.4, -0.2) is 77.9 Å². The number of rotatable bonds is 6. The molecule has 0 radical (unpaired) electrons. The summed E-state index contributed by atoms with van der Waals surface area (Å²) in [6.45, 7) is 4.01. The maximum atomic E-state index is 13.2.